The average molecular weight is 1890 g/mol. The lowest BCUT2D eigenvalue weighted by Crippen LogP contribution is -2.48. The first-order chi connectivity index (χ1) is 59.6. The maximum atomic E-state index is 11.0. The third kappa shape index (κ3) is 87.8. The Hall–Kier alpha value is -11.6. The first kappa shape index (κ1) is 132. The molecule has 0 heterocycles. The second-order valence-electron chi connectivity index (χ2n) is 24.4. The first-order valence-corrected chi connectivity index (χ1v) is 35.4. The van der Waals surface area contributed by atoms with Gasteiger partial charge in [-0.3, -0.25) is 173 Å². The number of carboxylic acids is 20. The van der Waals surface area contributed by atoms with Crippen molar-refractivity contribution in [1.29, 1.82) is 0 Å². The molecule has 0 spiro atoms. The topological polar surface area (TPSA) is 1060 Å². The summed E-state index contributed by atoms with van der Waals surface area (Å²) >= 11 is 0. The number of hydrogen-bond acceptors (Lipinski definition) is 46. The number of aliphatic hydroxyl groups is 1. The number of rotatable bonds is 70. The molecular weight excluding hydrogens is 1780 g/mol. The molecule has 0 aliphatic heterocycles. The number of nitrogens with zero attached hydrogens (tertiary/aromatic N) is 6. The molecule has 0 aromatic rings. The van der Waals surface area contributed by atoms with Gasteiger partial charge in [0.15, 0.2) is 0 Å². The van der Waals surface area contributed by atoms with Gasteiger partial charge in [-0.25, -0.2) is 39.1 Å². The van der Waals surface area contributed by atoms with Gasteiger partial charge in [0.05, 0.1) is 157 Å². The van der Waals surface area contributed by atoms with Gasteiger partial charge in [-0.1, -0.05) is 0 Å². The number of nitrogens with one attached hydrogen (secondary N) is 3. The lowest BCUT2D eigenvalue weighted by atomic mass is 10.1. The van der Waals surface area contributed by atoms with E-state index in [0.717, 1.165) is 19.6 Å². The molecule has 128 heavy (non-hydrogen) atoms. The molecule has 32 N–H and O–H groups in total. The Labute approximate surface area is 718 Å². The van der Waals surface area contributed by atoms with E-state index in [9.17, 15) is 95.9 Å². The summed E-state index contributed by atoms with van der Waals surface area (Å²) in [6.45, 7) is -6.18. The molecule has 0 aliphatic carbocycles. The van der Waals surface area contributed by atoms with Gasteiger partial charge in [0.1, 0.15) is 36.3 Å². The van der Waals surface area contributed by atoms with Crippen molar-refractivity contribution in [2.45, 2.75) is 107 Å². The van der Waals surface area contributed by atoms with Crippen LogP contribution in [0, 0.1) is 0 Å². The standard InChI is InChI=1S/C10H18N2O8.C9H15NO8.2C8H13NO8.C7H13NO7.2C7H13NO6.C6H11NO6/c13-8(14)5-7(10(17)18)12-3-2-11-6(9(15)16)1-4-20-19;11-7(12)4-10(5-8(13)14)6(9(15)16)2-1-3-18-17;10-6(11)3-9(4-7(12)13)5(8(14)15)1-2-17-16;10-6(11)3-5(8(14)15)9-4(7(12)13)1-2-17-16;9-3-5(4-15-14)8(1-6(10)11)2-7(12)13;1-5(4-14-13)8(2-6(9)10)3-7(11)12;9-6(10)4-8(5-7(11)12)2-1-3-14-13;8-5(9)3-7(1-2-13-12)4-6(10)11/h6-7,11-12,19H,1-5H2,(H,13,14)(H,15,16)(H,17,18);6,17H,1-5H2,(H,11,12)(H,13,14)(H,15,16);5,16H,1-4H2,(H,10,11)(H,12,13)(H,14,15);4-5,9,16H,1-3H2,(H,10,11)(H,12,13)(H,14,15);5,9,14H,1-4H2,(H,10,11)(H,12,13);5,13H,2-4H2,1H3,(H,9,10)(H,11,12);13H,1-5H2,(H,9,10)(H,11,12);12H,1-4H2,(H,8,9)(H,10,11). The summed E-state index contributed by atoms with van der Waals surface area (Å²) in [4.78, 5) is 246. The molecule has 0 rings (SSSR count). The normalized spacial score (nSPS) is 12.4. The molecule has 0 aromatic carbocycles. The van der Waals surface area contributed by atoms with E-state index in [1.807, 2.05) is 0 Å². The molecule has 0 aliphatic rings. The largest absolute Gasteiger partial charge is 0.481 e. The fourth-order valence-corrected chi connectivity index (χ4v) is 8.82. The summed E-state index contributed by atoms with van der Waals surface area (Å²) < 4.78 is 0. The van der Waals surface area contributed by atoms with Crippen LogP contribution in [-0.2, 0) is 135 Å². The highest BCUT2D eigenvalue weighted by Crippen LogP contribution is 2.10. The number of hydrogen-bond donors (Lipinski definition) is 32. The minimum atomic E-state index is -1.52. The van der Waals surface area contributed by atoms with E-state index in [2.05, 4.69) is 55.1 Å². The lowest BCUT2D eigenvalue weighted by Gasteiger charge is -2.25. The second kappa shape index (κ2) is 83.6. The van der Waals surface area contributed by atoms with Crippen molar-refractivity contribution in [3.05, 3.63) is 0 Å². The Morgan fingerprint density at radius 3 is 0.844 bits per heavy atom. The van der Waals surface area contributed by atoms with Crippen LogP contribution < -0.4 is 16.0 Å². The Bertz CT molecular complexity index is 3160. The van der Waals surface area contributed by atoms with E-state index < -0.39 is 253 Å². The van der Waals surface area contributed by atoms with Crippen molar-refractivity contribution in [3.8, 4) is 0 Å². The molecule has 66 nitrogen and oxygen atoms in total. The van der Waals surface area contributed by atoms with Gasteiger partial charge in [0.2, 0.25) is 0 Å². The average Bonchev–Trinajstić information content (AvgIpc) is 0.882. The molecule has 8 unspecified atom stereocenters. The molecule has 0 saturated carbocycles. The van der Waals surface area contributed by atoms with Gasteiger partial charge in [-0.2, -0.15) is 0 Å². The highest BCUT2D eigenvalue weighted by Gasteiger charge is 2.32. The van der Waals surface area contributed by atoms with E-state index in [0.29, 0.717) is 6.42 Å². The number of carboxylic acid groups (broad SMARTS) is 20. The minimum Gasteiger partial charge on any atom is -0.481 e. The summed E-state index contributed by atoms with van der Waals surface area (Å²) in [5.41, 5.74) is 0. The predicted octanol–water partition coefficient (Wildman–Crippen LogP) is -8.84. The summed E-state index contributed by atoms with van der Waals surface area (Å²) in [6.07, 6.45) is -1.23. The van der Waals surface area contributed by atoms with Crippen LogP contribution in [-0.4, -0.2) is 511 Å². The molecule has 8 atom stereocenters. The van der Waals surface area contributed by atoms with Crippen LogP contribution in [0.5, 0.6) is 0 Å². The molecular formula is C62H109N9O57. The fraction of sp³-hybridized carbons (Fsp3) is 0.677. The van der Waals surface area contributed by atoms with E-state index in [-0.39, 0.29) is 124 Å². The van der Waals surface area contributed by atoms with E-state index in [1.165, 1.54) is 9.80 Å². The summed E-state index contributed by atoms with van der Waals surface area (Å²) in [6, 6.07) is -8.99. The molecule has 0 fully saturated rings. The van der Waals surface area contributed by atoms with Gasteiger partial charge in [0, 0.05) is 38.6 Å². The summed E-state index contributed by atoms with van der Waals surface area (Å²) in [5, 5.41) is 252. The second-order valence-corrected chi connectivity index (χ2v) is 24.4. The Balaban J connectivity index is -0.000000215. The fourth-order valence-electron chi connectivity index (χ4n) is 8.82. The van der Waals surface area contributed by atoms with Crippen molar-refractivity contribution in [2.75, 3.05) is 164 Å². The maximum Gasteiger partial charge on any atom is 0.321 e. The van der Waals surface area contributed by atoms with Crippen LogP contribution in [0.4, 0.5) is 0 Å². The van der Waals surface area contributed by atoms with Gasteiger partial charge >= 0.3 is 119 Å². The van der Waals surface area contributed by atoms with Crippen LogP contribution in [0.1, 0.15) is 58.3 Å². The van der Waals surface area contributed by atoms with Crippen molar-refractivity contribution in [3.63, 3.8) is 0 Å². The monoisotopic (exact) mass is 1890 g/mol. The predicted molar refractivity (Wildman–Crippen MR) is 400 cm³/mol. The van der Waals surface area contributed by atoms with E-state index >= 15 is 0 Å². The van der Waals surface area contributed by atoms with Gasteiger partial charge < -0.3 is 118 Å². The Morgan fingerprint density at radius 1 is 0.266 bits per heavy atom. The Kier molecular flexibility index (Phi) is 86.1. The first-order valence-electron chi connectivity index (χ1n) is 35.4. The summed E-state index contributed by atoms with van der Waals surface area (Å²) in [7, 11) is 0. The van der Waals surface area contributed by atoms with Crippen molar-refractivity contribution in [2.24, 2.45) is 0 Å². The van der Waals surface area contributed by atoms with Crippen LogP contribution in [0.25, 0.3) is 0 Å². The van der Waals surface area contributed by atoms with Crippen molar-refractivity contribution in [1.82, 2.24) is 45.3 Å². The van der Waals surface area contributed by atoms with Crippen molar-refractivity contribution < 1.29 is 284 Å². The van der Waals surface area contributed by atoms with E-state index in [4.69, 9.17) is 149 Å². The molecule has 0 amide bonds. The SMILES string of the molecule is CC(COO)N(CC(=O)O)CC(=O)O.O=C(O)CC(NC(CCOO)C(=O)O)C(=O)O.O=C(O)CC(NCCNC(CCOO)C(=O)O)C(=O)O.O=C(O)CN(CC(=O)O)C(CCCOO)C(=O)O.O=C(O)CN(CC(=O)O)C(CCOO)C(=O)O.O=C(O)CN(CC(=O)O)C(CO)COO.O=C(O)CN(CCCOO)CC(=O)O.O=C(O)CN(CCOO)CC(=O)O. The summed E-state index contributed by atoms with van der Waals surface area (Å²) in [5.74, 6) is -25.1. The highest BCUT2D eigenvalue weighted by atomic mass is 17.1. The molecule has 0 radical (unpaired) electrons. The number of aliphatic hydroxyl groups excluding tert-OH is 1. The molecule has 0 bridgehead atoms. The number of carbonyl (C=O) groups is 20. The zero-order chi connectivity index (χ0) is 101. The molecule has 66 heteroatoms. The molecule has 0 saturated heterocycles. The minimum absolute atomic E-state index is 0.0311. The lowest BCUT2D eigenvalue weighted by molar-refractivity contribution is -0.253. The van der Waals surface area contributed by atoms with Gasteiger partial charge in [-0.05, 0) is 39.0 Å². The van der Waals surface area contributed by atoms with Crippen molar-refractivity contribution >= 4 is 119 Å². The third-order valence-electron chi connectivity index (χ3n) is 14.2. The molecule has 744 valence electrons. The highest BCUT2D eigenvalue weighted by molar-refractivity contribution is 5.83. The smallest absolute Gasteiger partial charge is 0.321 e. The number of aliphatic carboxylic acids is 20. The maximum absolute atomic E-state index is 11.0. The zero-order valence-corrected chi connectivity index (χ0v) is 67.5. The quantitative estimate of drug-likeness (QED) is 0.0153. The zero-order valence-electron chi connectivity index (χ0n) is 67.5. The van der Waals surface area contributed by atoms with Crippen LogP contribution >= 0.6 is 0 Å². The van der Waals surface area contributed by atoms with Crippen LogP contribution in [0.15, 0.2) is 0 Å². The van der Waals surface area contributed by atoms with Crippen LogP contribution in [0.2, 0.25) is 0 Å². The van der Waals surface area contributed by atoms with E-state index in [1.54, 1.807) is 6.92 Å². The van der Waals surface area contributed by atoms with Gasteiger partial charge in [0.25, 0.3) is 0 Å². The third-order valence-corrected chi connectivity index (χ3v) is 14.2. The van der Waals surface area contributed by atoms with Gasteiger partial charge in [-0.15, -0.1) is 0 Å². The Morgan fingerprint density at radius 2 is 0.547 bits per heavy atom. The van der Waals surface area contributed by atoms with Crippen LogP contribution in [0.3, 0.4) is 0 Å². The molecule has 0 aromatic heterocycles.